The zero-order valence-corrected chi connectivity index (χ0v) is 8.45. The van der Waals surface area contributed by atoms with E-state index in [0.29, 0.717) is 18.1 Å². The molecule has 82 valence electrons. The summed E-state index contributed by atoms with van der Waals surface area (Å²) in [5.74, 6) is 0.459. The molecule has 1 aliphatic rings. The third kappa shape index (κ3) is 1.41. The van der Waals surface area contributed by atoms with E-state index < -0.39 is 0 Å². The van der Waals surface area contributed by atoms with E-state index in [4.69, 9.17) is 0 Å². The number of nitrogens with zero attached hydrogens (tertiary/aromatic N) is 3. The molecule has 7 nitrogen and oxygen atoms in total. The minimum absolute atomic E-state index is 0.0792. The summed E-state index contributed by atoms with van der Waals surface area (Å²) in [6.45, 7) is 1.45. The van der Waals surface area contributed by atoms with Gasteiger partial charge < -0.3 is 10.3 Å². The van der Waals surface area contributed by atoms with Crippen molar-refractivity contribution in [2.75, 3.05) is 6.54 Å². The molecule has 0 bridgehead atoms. The molecular formula is C9H10N6O. The molecule has 2 aromatic heterocycles. The third-order valence-corrected chi connectivity index (χ3v) is 2.60. The van der Waals surface area contributed by atoms with E-state index in [1.54, 1.807) is 0 Å². The maximum Gasteiger partial charge on any atom is 0.254 e. The molecule has 0 amide bonds. The van der Waals surface area contributed by atoms with Crippen molar-refractivity contribution in [2.45, 2.75) is 13.0 Å². The van der Waals surface area contributed by atoms with Gasteiger partial charge in [-0.1, -0.05) is 0 Å². The second-order valence-electron chi connectivity index (χ2n) is 3.62. The lowest BCUT2D eigenvalue weighted by atomic mass is 10.1. The van der Waals surface area contributed by atoms with Crippen LogP contribution in [0.2, 0.25) is 0 Å². The Bertz CT molecular complexity index is 558. The SMILES string of the molecule is O=c1[nH]c(-c2cn[nH]n2)nc2c1CCNC2. The van der Waals surface area contributed by atoms with Crippen LogP contribution in [0, 0.1) is 0 Å². The van der Waals surface area contributed by atoms with Crippen molar-refractivity contribution in [3.05, 3.63) is 27.8 Å². The van der Waals surface area contributed by atoms with Crippen molar-refractivity contribution in [1.29, 1.82) is 0 Å². The van der Waals surface area contributed by atoms with E-state index >= 15 is 0 Å². The number of hydrogen-bond donors (Lipinski definition) is 3. The van der Waals surface area contributed by atoms with Gasteiger partial charge in [-0.05, 0) is 13.0 Å². The van der Waals surface area contributed by atoms with Crippen LogP contribution in [0.25, 0.3) is 11.5 Å². The van der Waals surface area contributed by atoms with Crippen LogP contribution in [0.3, 0.4) is 0 Å². The molecule has 7 heteroatoms. The van der Waals surface area contributed by atoms with Gasteiger partial charge in [0, 0.05) is 12.1 Å². The van der Waals surface area contributed by atoms with Crippen LogP contribution < -0.4 is 10.9 Å². The number of nitrogens with one attached hydrogen (secondary N) is 3. The van der Waals surface area contributed by atoms with Crippen LogP contribution in [0.15, 0.2) is 11.0 Å². The third-order valence-electron chi connectivity index (χ3n) is 2.60. The van der Waals surface area contributed by atoms with Crippen LogP contribution >= 0.6 is 0 Å². The van der Waals surface area contributed by atoms with E-state index in [0.717, 1.165) is 24.2 Å². The maximum atomic E-state index is 11.8. The Kier molecular flexibility index (Phi) is 2.03. The molecule has 0 atom stereocenters. The molecular weight excluding hydrogens is 208 g/mol. The van der Waals surface area contributed by atoms with Crippen LogP contribution in [0.1, 0.15) is 11.3 Å². The molecule has 0 aliphatic carbocycles. The highest BCUT2D eigenvalue weighted by Crippen LogP contribution is 2.12. The summed E-state index contributed by atoms with van der Waals surface area (Å²) in [5, 5.41) is 13.2. The monoisotopic (exact) mass is 218 g/mol. The lowest BCUT2D eigenvalue weighted by Crippen LogP contribution is -2.31. The average Bonchev–Trinajstić information content (AvgIpc) is 2.82. The van der Waals surface area contributed by atoms with Gasteiger partial charge in [-0.3, -0.25) is 4.79 Å². The highest BCUT2D eigenvalue weighted by Gasteiger charge is 2.16. The van der Waals surface area contributed by atoms with Crippen molar-refractivity contribution in [3.8, 4) is 11.5 Å². The lowest BCUT2D eigenvalue weighted by molar-refractivity contribution is 0.619. The maximum absolute atomic E-state index is 11.8. The molecule has 3 heterocycles. The Balaban J connectivity index is 2.16. The topological polar surface area (TPSA) is 99.4 Å². The fourth-order valence-corrected chi connectivity index (χ4v) is 1.81. The predicted octanol–water partition coefficient (Wildman–Crippen LogP) is -0.799. The first-order valence-corrected chi connectivity index (χ1v) is 5.03. The largest absolute Gasteiger partial charge is 0.311 e. The van der Waals surface area contributed by atoms with Gasteiger partial charge in [0.05, 0.1) is 11.9 Å². The van der Waals surface area contributed by atoms with Gasteiger partial charge >= 0.3 is 0 Å². The smallest absolute Gasteiger partial charge is 0.254 e. The second kappa shape index (κ2) is 3.53. The number of aromatic nitrogens is 5. The van der Waals surface area contributed by atoms with Crippen LogP contribution in [-0.4, -0.2) is 31.9 Å². The van der Waals surface area contributed by atoms with Gasteiger partial charge in [-0.2, -0.15) is 15.4 Å². The van der Waals surface area contributed by atoms with Gasteiger partial charge in [0.15, 0.2) is 5.82 Å². The molecule has 16 heavy (non-hydrogen) atoms. The first-order chi connectivity index (χ1) is 7.84. The van der Waals surface area contributed by atoms with Crippen LogP contribution in [0.4, 0.5) is 0 Å². The molecule has 2 aromatic rings. The first kappa shape index (κ1) is 9.22. The molecule has 0 unspecified atom stereocenters. The van der Waals surface area contributed by atoms with E-state index in [-0.39, 0.29) is 5.56 Å². The standard InChI is InChI=1S/C9H10N6O/c16-9-5-1-2-10-3-6(5)12-8(13-9)7-4-11-15-14-7/h4,10H,1-3H2,(H,11,14,15)(H,12,13,16). The van der Waals surface area contributed by atoms with Crippen molar-refractivity contribution in [1.82, 2.24) is 30.7 Å². The van der Waals surface area contributed by atoms with Crippen LogP contribution in [0.5, 0.6) is 0 Å². The Morgan fingerprint density at radius 1 is 1.38 bits per heavy atom. The molecule has 3 N–H and O–H groups in total. The molecule has 0 saturated carbocycles. The molecule has 0 saturated heterocycles. The summed E-state index contributed by atoms with van der Waals surface area (Å²) in [6, 6.07) is 0. The van der Waals surface area contributed by atoms with Gasteiger partial charge in [-0.15, -0.1) is 0 Å². The first-order valence-electron chi connectivity index (χ1n) is 5.03. The van der Waals surface area contributed by atoms with Crippen molar-refractivity contribution in [3.63, 3.8) is 0 Å². The molecule has 0 fully saturated rings. The summed E-state index contributed by atoms with van der Waals surface area (Å²) in [6.07, 6.45) is 2.25. The second-order valence-corrected chi connectivity index (χ2v) is 3.62. The normalized spacial score (nSPS) is 14.8. The molecule has 0 spiro atoms. The lowest BCUT2D eigenvalue weighted by Gasteiger charge is -2.15. The number of aromatic amines is 2. The summed E-state index contributed by atoms with van der Waals surface area (Å²) in [4.78, 5) is 18.9. The molecule has 3 rings (SSSR count). The van der Waals surface area contributed by atoms with Crippen molar-refractivity contribution < 1.29 is 0 Å². The fourth-order valence-electron chi connectivity index (χ4n) is 1.81. The van der Waals surface area contributed by atoms with Gasteiger partial charge in [0.2, 0.25) is 0 Å². The minimum Gasteiger partial charge on any atom is -0.311 e. The molecule has 0 radical (unpaired) electrons. The highest BCUT2D eigenvalue weighted by atomic mass is 16.1. The van der Waals surface area contributed by atoms with E-state index in [9.17, 15) is 4.79 Å². The highest BCUT2D eigenvalue weighted by molar-refractivity contribution is 5.47. The Labute approximate surface area is 90.3 Å². The van der Waals surface area contributed by atoms with Gasteiger partial charge in [0.1, 0.15) is 5.69 Å². The van der Waals surface area contributed by atoms with E-state index in [1.165, 1.54) is 6.20 Å². The quantitative estimate of drug-likeness (QED) is 0.582. The van der Waals surface area contributed by atoms with Gasteiger partial charge in [-0.25, -0.2) is 4.98 Å². The Hall–Kier alpha value is -2.02. The number of H-pyrrole nitrogens is 2. The zero-order chi connectivity index (χ0) is 11.0. The van der Waals surface area contributed by atoms with Crippen molar-refractivity contribution in [2.24, 2.45) is 0 Å². The van der Waals surface area contributed by atoms with Crippen molar-refractivity contribution >= 4 is 0 Å². The van der Waals surface area contributed by atoms with E-state index in [2.05, 4.69) is 30.7 Å². The molecule has 1 aliphatic heterocycles. The number of rotatable bonds is 1. The zero-order valence-electron chi connectivity index (χ0n) is 8.45. The summed E-state index contributed by atoms with van der Waals surface area (Å²) >= 11 is 0. The Morgan fingerprint density at radius 3 is 3.12 bits per heavy atom. The predicted molar refractivity (Wildman–Crippen MR) is 55.6 cm³/mol. The van der Waals surface area contributed by atoms with E-state index in [1.807, 2.05) is 0 Å². The summed E-state index contributed by atoms with van der Waals surface area (Å²) < 4.78 is 0. The Morgan fingerprint density at radius 2 is 2.31 bits per heavy atom. The summed E-state index contributed by atoms with van der Waals surface area (Å²) in [5.41, 5.74) is 2.04. The average molecular weight is 218 g/mol. The minimum atomic E-state index is -0.0792. The van der Waals surface area contributed by atoms with Gasteiger partial charge in [0.25, 0.3) is 5.56 Å². The summed E-state index contributed by atoms with van der Waals surface area (Å²) in [7, 11) is 0. The number of fused-ring (bicyclic) bond motifs is 1. The fraction of sp³-hybridized carbons (Fsp3) is 0.333. The molecule has 0 aromatic carbocycles. The van der Waals surface area contributed by atoms with Crippen LogP contribution in [-0.2, 0) is 13.0 Å². The number of hydrogen-bond acceptors (Lipinski definition) is 5.